The second kappa shape index (κ2) is 11.0. The monoisotopic (exact) mass is 426 g/mol. The topological polar surface area (TPSA) is 47.1 Å². The van der Waals surface area contributed by atoms with Gasteiger partial charge in [0.1, 0.15) is 0 Å². The smallest absolute Gasteiger partial charge is 0.319 e. The van der Waals surface area contributed by atoms with Gasteiger partial charge in [0.2, 0.25) is 5.91 Å². The Morgan fingerprint density at radius 3 is 2.16 bits per heavy atom. The second-order valence-electron chi connectivity index (χ2n) is 9.35. The van der Waals surface area contributed by atoms with E-state index in [1.165, 1.54) is 12.0 Å². The number of hydrogen-bond acceptors (Lipinski definition) is 3. The largest absolute Gasteiger partial charge is 0.341 e. The SMILES string of the molecule is O=C(C1CCN(C(=O)N2CCCC2)CC1)N1CCCN(CCCc2ccccc2)CC1. The molecule has 1 aromatic rings. The van der Waals surface area contributed by atoms with E-state index in [2.05, 4.69) is 40.1 Å². The van der Waals surface area contributed by atoms with E-state index in [4.69, 9.17) is 0 Å². The van der Waals surface area contributed by atoms with E-state index in [1.807, 2.05) is 9.80 Å². The van der Waals surface area contributed by atoms with Gasteiger partial charge in [-0.15, -0.1) is 0 Å². The number of urea groups is 1. The molecular weight excluding hydrogens is 388 g/mol. The zero-order valence-corrected chi connectivity index (χ0v) is 18.9. The van der Waals surface area contributed by atoms with E-state index >= 15 is 0 Å². The second-order valence-corrected chi connectivity index (χ2v) is 9.35. The van der Waals surface area contributed by atoms with Crippen LogP contribution < -0.4 is 0 Å². The summed E-state index contributed by atoms with van der Waals surface area (Å²) in [6, 6.07) is 10.9. The fourth-order valence-electron chi connectivity index (χ4n) is 5.25. The quantitative estimate of drug-likeness (QED) is 0.727. The van der Waals surface area contributed by atoms with E-state index < -0.39 is 0 Å². The first kappa shape index (κ1) is 22.1. The minimum Gasteiger partial charge on any atom is -0.341 e. The van der Waals surface area contributed by atoms with Crippen molar-refractivity contribution in [2.24, 2.45) is 5.92 Å². The van der Waals surface area contributed by atoms with Crippen LogP contribution in [0.5, 0.6) is 0 Å². The average molecular weight is 427 g/mol. The fraction of sp³-hybridized carbons (Fsp3) is 0.680. The molecule has 6 nitrogen and oxygen atoms in total. The van der Waals surface area contributed by atoms with Gasteiger partial charge in [-0.1, -0.05) is 30.3 Å². The molecule has 170 valence electrons. The van der Waals surface area contributed by atoms with Crippen LogP contribution in [0.4, 0.5) is 4.79 Å². The molecule has 3 heterocycles. The summed E-state index contributed by atoms with van der Waals surface area (Å²) in [5.41, 5.74) is 1.41. The van der Waals surface area contributed by atoms with E-state index in [9.17, 15) is 9.59 Å². The van der Waals surface area contributed by atoms with Crippen molar-refractivity contribution in [3.8, 4) is 0 Å². The van der Waals surface area contributed by atoms with Crippen molar-refractivity contribution in [1.29, 1.82) is 0 Å². The summed E-state index contributed by atoms with van der Waals surface area (Å²) < 4.78 is 0. The highest BCUT2D eigenvalue weighted by molar-refractivity contribution is 5.80. The molecule has 3 amide bonds. The molecule has 3 aliphatic heterocycles. The van der Waals surface area contributed by atoms with Gasteiger partial charge in [0.05, 0.1) is 0 Å². The Morgan fingerprint density at radius 1 is 0.742 bits per heavy atom. The highest BCUT2D eigenvalue weighted by Crippen LogP contribution is 2.22. The molecule has 3 saturated heterocycles. The summed E-state index contributed by atoms with van der Waals surface area (Å²) >= 11 is 0. The first-order valence-corrected chi connectivity index (χ1v) is 12.3. The lowest BCUT2D eigenvalue weighted by Gasteiger charge is -2.35. The molecule has 0 atom stereocenters. The van der Waals surface area contributed by atoms with Crippen molar-refractivity contribution >= 4 is 11.9 Å². The summed E-state index contributed by atoms with van der Waals surface area (Å²) in [6.07, 6.45) is 7.22. The maximum absolute atomic E-state index is 13.1. The van der Waals surface area contributed by atoms with Crippen LogP contribution in [0.2, 0.25) is 0 Å². The summed E-state index contributed by atoms with van der Waals surface area (Å²) in [6.45, 7) is 8.14. The molecule has 0 unspecified atom stereocenters. The van der Waals surface area contributed by atoms with Crippen molar-refractivity contribution in [3.63, 3.8) is 0 Å². The molecule has 0 aromatic heterocycles. The minimum atomic E-state index is 0.0901. The summed E-state index contributed by atoms with van der Waals surface area (Å²) in [5, 5.41) is 0. The molecule has 3 fully saturated rings. The summed E-state index contributed by atoms with van der Waals surface area (Å²) in [5.74, 6) is 0.409. The van der Waals surface area contributed by atoms with Crippen LogP contribution in [0.3, 0.4) is 0 Å². The molecule has 0 spiro atoms. The number of amides is 3. The molecule has 3 aliphatic rings. The van der Waals surface area contributed by atoms with Gasteiger partial charge in [-0.25, -0.2) is 4.79 Å². The van der Waals surface area contributed by atoms with Crippen LogP contribution in [-0.4, -0.2) is 90.4 Å². The van der Waals surface area contributed by atoms with Gasteiger partial charge in [-0.05, 0) is 63.6 Å². The predicted octanol–water partition coefficient (Wildman–Crippen LogP) is 3.08. The molecular formula is C25H38N4O2. The van der Waals surface area contributed by atoms with E-state index in [1.54, 1.807) is 0 Å². The van der Waals surface area contributed by atoms with Crippen molar-refractivity contribution in [2.45, 2.75) is 44.9 Å². The van der Waals surface area contributed by atoms with Crippen molar-refractivity contribution in [2.75, 3.05) is 58.9 Å². The van der Waals surface area contributed by atoms with Crippen molar-refractivity contribution in [3.05, 3.63) is 35.9 Å². The third-order valence-corrected chi connectivity index (χ3v) is 7.17. The number of rotatable bonds is 5. The molecule has 0 aliphatic carbocycles. The van der Waals surface area contributed by atoms with Crippen LogP contribution in [0.15, 0.2) is 30.3 Å². The lowest BCUT2D eigenvalue weighted by Crippen LogP contribution is -2.48. The van der Waals surface area contributed by atoms with Crippen molar-refractivity contribution < 1.29 is 9.59 Å². The van der Waals surface area contributed by atoms with Gasteiger partial charge < -0.3 is 19.6 Å². The van der Waals surface area contributed by atoms with Crippen LogP contribution in [-0.2, 0) is 11.2 Å². The molecule has 6 heteroatoms. The van der Waals surface area contributed by atoms with Gasteiger partial charge in [0, 0.05) is 51.7 Å². The van der Waals surface area contributed by atoms with Crippen LogP contribution in [0.25, 0.3) is 0 Å². The molecule has 1 aromatic carbocycles. The number of aryl methyl sites for hydroxylation is 1. The maximum atomic E-state index is 13.1. The Balaban J connectivity index is 1.18. The Labute approximate surface area is 187 Å². The lowest BCUT2D eigenvalue weighted by atomic mass is 9.95. The summed E-state index contributed by atoms with van der Waals surface area (Å²) in [4.78, 5) is 34.3. The van der Waals surface area contributed by atoms with Crippen LogP contribution in [0, 0.1) is 5.92 Å². The van der Waals surface area contributed by atoms with Gasteiger partial charge in [0.15, 0.2) is 0 Å². The van der Waals surface area contributed by atoms with Gasteiger partial charge in [0.25, 0.3) is 0 Å². The number of nitrogens with zero attached hydrogens (tertiary/aromatic N) is 4. The Morgan fingerprint density at radius 2 is 1.42 bits per heavy atom. The molecule has 0 saturated carbocycles. The normalized spacial score (nSPS) is 21.4. The third kappa shape index (κ3) is 6.00. The zero-order chi connectivity index (χ0) is 21.5. The molecule has 31 heavy (non-hydrogen) atoms. The maximum Gasteiger partial charge on any atom is 0.319 e. The van der Waals surface area contributed by atoms with Gasteiger partial charge in [-0.3, -0.25) is 4.79 Å². The standard InChI is InChI=1S/C25H38N4O2/c30-24(23-11-18-29(19-12-23)25(31)28-15-4-5-16-28)27-17-7-14-26(20-21-27)13-6-10-22-8-2-1-3-9-22/h1-3,8-9,23H,4-7,10-21H2. The lowest BCUT2D eigenvalue weighted by molar-refractivity contribution is -0.136. The fourth-order valence-corrected chi connectivity index (χ4v) is 5.25. The van der Waals surface area contributed by atoms with Gasteiger partial charge in [-0.2, -0.15) is 0 Å². The highest BCUT2D eigenvalue weighted by atomic mass is 16.2. The number of benzene rings is 1. The Hall–Kier alpha value is -2.08. The predicted molar refractivity (Wildman–Crippen MR) is 123 cm³/mol. The molecule has 0 N–H and O–H groups in total. The highest BCUT2D eigenvalue weighted by Gasteiger charge is 2.32. The Kier molecular flexibility index (Phi) is 7.84. The number of carbonyl (C=O) groups is 2. The first-order chi connectivity index (χ1) is 15.2. The van der Waals surface area contributed by atoms with Crippen LogP contribution >= 0.6 is 0 Å². The van der Waals surface area contributed by atoms with E-state index in [0.717, 1.165) is 97.4 Å². The molecule has 0 bridgehead atoms. The van der Waals surface area contributed by atoms with E-state index in [0.29, 0.717) is 5.91 Å². The zero-order valence-electron chi connectivity index (χ0n) is 18.9. The molecule has 0 radical (unpaired) electrons. The Bertz CT molecular complexity index is 711. The first-order valence-electron chi connectivity index (χ1n) is 12.3. The number of hydrogen-bond donors (Lipinski definition) is 0. The number of carbonyl (C=O) groups excluding carboxylic acids is 2. The summed E-state index contributed by atoms with van der Waals surface area (Å²) in [7, 11) is 0. The average Bonchev–Trinajstić information content (AvgIpc) is 3.25. The van der Waals surface area contributed by atoms with Gasteiger partial charge >= 0.3 is 6.03 Å². The van der Waals surface area contributed by atoms with E-state index in [-0.39, 0.29) is 11.9 Å². The third-order valence-electron chi connectivity index (χ3n) is 7.17. The van der Waals surface area contributed by atoms with Crippen LogP contribution in [0.1, 0.15) is 44.1 Å². The molecule has 4 rings (SSSR count). The minimum absolute atomic E-state index is 0.0901. The number of piperidine rings is 1. The number of likely N-dealkylation sites (tertiary alicyclic amines) is 2. The van der Waals surface area contributed by atoms with Crippen molar-refractivity contribution in [1.82, 2.24) is 19.6 Å².